The van der Waals surface area contributed by atoms with E-state index in [0.717, 1.165) is 34.3 Å². The van der Waals surface area contributed by atoms with Crippen LogP contribution < -0.4 is 9.64 Å². The van der Waals surface area contributed by atoms with Crippen molar-refractivity contribution in [2.75, 3.05) is 37.7 Å². The molecular weight excluding hydrogens is 493 g/mol. The Morgan fingerprint density at radius 1 is 1.13 bits per heavy atom. The number of thiazole rings is 1. The quantitative estimate of drug-likeness (QED) is 0.383. The second kappa shape index (κ2) is 11.6. The standard InChI is InChI=1S/C21H23BrFN3O2S.ClH/c1-3-25(4-2)11-12-26(20(27)14-28-17-8-6-16(23)7-9-17)21-24-18-10-5-15(22)13-19(18)29-21;/h5-10,13H,3-4,11-12,14H2,1-2H3;1H. The van der Waals surface area contributed by atoms with E-state index >= 15 is 0 Å². The Kier molecular flexibility index (Phi) is 9.48. The summed E-state index contributed by atoms with van der Waals surface area (Å²) >= 11 is 4.96. The molecule has 3 aromatic rings. The van der Waals surface area contributed by atoms with Gasteiger partial charge in [-0.2, -0.15) is 0 Å². The van der Waals surface area contributed by atoms with Gasteiger partial charge in [0, 0.05) is 17.6 Å². The zero-order valence-electron chi connectivity index (χ0n) is 16.8. The number of benzene rings is 2. The number of aromatic nitrogens is 1. The number of fused-ring (bicyclic) bond motifs is 1. The maximum Gasteiger partial charge on any atom is 0.266 e. The Balaban J connectivity index is 0.00000320. The lowest BCUT2D eigenvalue weighted by Crippen LogP contribution is -2.41. The number of ether oxygens (including phenoxy) is 1. The van der Waals surface area contributed by atoms with E-state index in [0.29, 0.717) is 17.4 Å². The molecule has 2 aromatic carbocycles. The third-order valence-corrected chi connectivity index (χ3v) is 6.12. The van der Waals surface area contributed by atoms with Gasteiger partial charge in [0.1, 0.15) is 11.6 Å². The van der Waals surface area contributed by atoms with Crippen LogP contribution in [0.1, 0.15) is 13.8 Å². The summed E-state index contributed by atoms with van der Waals surface area (Å²) in [6, 6.07) is 11.5. The second-order valence-electron chi connectivity index (χ2n) is 6.42. The van der Waals surface area contributed by atoms with Crippen molar-refractivity contribution in [3.63, 3.8) is 0 Å². The first kappa shape index (κ1) is 24.5. The normalized spacial score (nSPS) is 10.8. The monoisotopic (exact) mass is 515 g/mol. The van der Waals surface area contributed by atoms with E-state index in [-0.39, 0.29) is 30.7 Å². The first-order valence-electron chi connectivity index (χ1n) is 9.47. The van der Waals surface area contributed by atoms with E-state index < -0.39 is 0 Å². The molecule has 0 unspecified atom stereocenters. The van der Waals surface area contributed by atoms with Crippen LogP contribution in [0.3, 0.4) is 0 Å². The second-order valence-corrected chi connectivity index (χ2v) is 8.35. The Morgan fingerprint density at radius 2 is 1.83 bits per heavy atom. The predicted molar refractivity (Wildman–Crippen MR) is 127 cm³/mol. The van der Waals surface area contributed by atoms with Gasteiger partial charge in [0.25, 0.3) is 5.91 Å². The summed E-state index contributed by atoms with van der Waals surface area (Å²) in [4.78, 5) is 21.6. The van der Waals surface area contributed by atoms with Gasteiger partial charge in [-0.1, -0.05) is 41.1 Å². The minimum Gasteiger partial charge on any atom is -0.484 e. The summed E-state index contributed by atoms with van der Waals surface area (Å²) in [7, 11) is 0. The fourth-order valence-corrected chi connectivity index (χ4v) is 4.42. The fraction of sp³-hybridized carbons (Fsp3) is 0.333. The van der Waals surface area contributed by atoms with Crippen LogP contribution in [0.2, 0.25) is 0 Å². The van der Waals surface area contributed by atoms with Crippen LogP contribution in [0.5, 0.6) is 5.75 Å². The summed E-state index contributed by atoms with van der Waals surface area (Å²) in [5.74, 6) is -0.0681. The summed E-state index contributed by atoms with van der Waals surface area (Å²) in [6.07, 6.45) is 0. The van der Waals surface area contributed by atoms with Crippen molar-refractivity contribution in [3.8, 4) is 5.75 Å². The average Bonchev–Trinajstić information content (AvgIpc) is 3.13. The molecule has 1 aromatic heterocycles. The SMILES string of the molecule is CCN(CC)CCN(C(=O)COc1ccc(F)cc1)c1nc2ccc(Br)cc2s1.Cl. The van der Waals surface area contributed by atoms with Crippen LogP contribution in [-0.2, 0) is 4.79 Å². The van der Waals surface area contributed by atoms with Gasteiger partial charge >= 0.3 is 0 Å². The summed E-state index contributed by atoms with van der Waals surface area (Å²) in [5.41, 5.74) is 0.855. The molecule has 1 heterocycles. The van der Waals surface area contributed by atoms with Crippen LogP contribution in [-0.4, -0.2) is 48.6 Å². The van der Waals surface area contributed by atoms with Gasteiger partial charge in [0.2, 0.25) is 0 Å². The van der Waals surface area contributed by atoms with Crippen molar-refractivity contribution in [2.24, 2.45) is 0 Å². The molecule has 30 heavy (non-hydrogen) atoms. The third-order valence-electron chi connectivity index (χ3n) is 4.58. The lowest BCUT2D eigenvalue weighted by Gasteiger charge is -2.24. The topological polar surface area (TPSA) is 45.7 Å². The van der Waals surface area contributed by atoms with E-state index in [9.17, 15) is 9.18 Å². The number of carbonyl (C=O) groups excluding carboxylic acids is 1. The van der Waals surface area contributed by atoms with Crippen molar-refractivity contribution in [3.05, 3.63) is 52.8 Å². The molecule has 0 aliphatic heterocycles. The van der Waals surface area contributed by atoms with Crippen molar-refractivity contribution >= 4 is 60.9 Å². The zero-order chi connectivity index (χ0) is 20.8. The lowest BCUT2D eigenvalue weighted by atomic mass is 10.3. The third kappa shape index (κ3) is 6.38. The molecule has 0 radical (unpaired) electrons. The molecule has 1 amide bonds. The molecular formula is C21H24BrClFN3O2S. The van der Waals surface area contributed by atoms with Crippen molar-refractivity contribution in [1.82, 2.24) is 9.88 Å². The summed E-state index contributed by atoms with van der Waals surface area (Å²) in [6.45, 7) is 7.16. The van der Waals surface area contributed by atoms with Crippen LogP contribution in [0, 0.1) is 5.82 Å². The molecule has 0 saturated carbocycles. The van der Waals surface area contributed by atoms with Crippen LogP contribution in [0.15, 0.2) is 46.9 Å². The molecule has 162 valence electrons. The van der Waals surface area contributed by atoms with Gasteiger partial charge < -0.3 is 9.64 Å². The van der Waals surface area contributed by atoms with Crippen LogP contribution in [0.25, 0.3) is 10.2 Å². The number of halogens is 3. The predicted octanol–water partition coefficient (Wildman–Crippen LogP) is 5.37. The van der Waals surface area contributed by atoms with Crippen molar-refractivity contribution < 1.29 is 13.9 Å². The number of amides is 1. The van der Waals surface area contributed by atoms with E-state index in [2.05, 4.69) is 39.7 Å². The highest BCUT2D eigenvalue weighted by Gasteiger charge is 2.21. The molecule has 3 rings (SSSR count). The number of likely N-dealkylation sites (N-methyl/N-ethyl adjacent to an activating group) is 1. The van der Waals surface area contributed by atoms with E-state index in [4.69, 9.17) is 4.74 Å². The molecule has 0 spiro atoms. The molecule has 0 atom stereocenters. The smallest absolute Gasteiger partial charge is 0.266 e. The Hall–Kier alpha value is -1.74. The summed E-state index contributed by atoms with van der Waals surface area (Å²) in [5, 5.41) is 0.651. The maximum absolute atomic E-state index is 13.1. The molecule has 5 nitrogen and oxygen atoms in total. The van der Waals surface area contributed by atoms with E-state index in [1.165, 1.54) is 35.6 Å². The molecule has 0 saturated heterocycles. The van der Waals surface area contributed by atoms with Gasteiger partial charge in [0.05, 0.1) is 10.2 Å². The van der Waals surface area contributed by atoms with Gasteiger partial charge in [-0.3, -0.25) is 9.69 Å². The first-order valence-corrected chi connectivity index (χ1v) is 11.1. The minimum atomic E-state index is -0.342. The van der Waals surface area contributed by atoms with Crippen LogP contribution in [0.4, 0.5) is 9.52 Å². The molecule has 9 heteroatoms. The highest BCUT2D eigenvalue weighted by Crippen LogP contribution is 2.31. The number of hydrogen-bond donors (Lipinski definition) is 0. The number of carbonyl (C=O) groups is 1. The first-order chi connectivity index (χ1) is 14.0. The molecule has 0 N–H and O–H groups in total. The highest BCUT2D eigenvalue weighted by molar-refractivity contribution is 9.10. The lowest BCUT2D eigenvalue weighted by molar-refractivity contribution is -0.120. The van der Waals surface area contributed by atoms with Gasteiger partial charge in [-0.15, -0.1) is 12.4 Å². The minimum absolute atomic E-state index is 0. The molecule has 0 aliphatic carbocycles. The van der Waals surface area contributed by atoms with Crippen molar-refractivity contribution in [2.45, 2.75) is 13.8 Å². The molecule has 0 fully saturated rings. The number of anilines is 1. The average molecular weight is 517 g/mol. The highest BCUT2D eigenvalue weighted by atomic mass is 79.9. The fourth-order valence-electron chi connectivity index (χ4n) is 2.86. The Morgan fingerprint density at radius 3 is 2.50 bits per heavy atom. The Labute approximate surface area is 194 Å². The summed E-state index contributed by atoms with van der Waals surface area (Å²) < 4.78 is 20.6. The van der Waals surface area contributed by atoms with Crippen molar-refractivity contribution in [1.29, 1.82) is 0 Å². The molecule has 0 aliphatic rings. The van der Waals surface area contributed by atoms with Gasteiger partial charge in [0.15, 0.2) is 11.7 Å². The maximum atomic E-state index is 13.1. The van der Waals surface area contributed by atoms with Crippen LogP contribution >= 0.6 is 39.7 Å². The number of hydrogen-bond acceptors (Lipinski definition) is 5. The Bertz CT molecular complexity index is 967. The largest absolute Gasteiger partial charge is 0.484 e. The zero-order valence-corrected chi connectivity index (χ0v) is 20.0. The number of rotatable bonds is 9. The number of nitrogens with zero attached hydrogens (tertiary/aromatic N) is 3. The van der Waals surface area contributed by atoms with Gasteiger partial charge in [-0.05, 0) is 55.6 Å². The van der Waals surface area contributed by atoms with E-state index in [1.54, 1.807) is 4.90 Å². The van der Waals surface area contributed by atoms with E-state index in [1.807, 2.05) is 18.2 Å². The van der Waals surface area contributed by atoms with Gasteiger partial charge in [-0.25, -0.2) is 9.37 Å². The molecule has 0 bridgehead atoms.